The summed E-state index contributed by atoms with van der Waals surface area (Å²) < 4.78 is 5.81. The lowest BCUT2D eigenvalue weighted by Crippen LogP contribution is -2.39. The average molecular weight is 264 g/mol. The van der Waals surface area contributed by atoms with Gasteiger partial charge in [-0.1, -0.05) is 20.8 Å². The van der Waals surface area contributed by atoms with Crippen molar-refractivity contribution in [2.24, 2.45) is 0 Å². The Morgan fingerprint density at radius 2 is 2.26 bits per heavy atom. The van der Waals surface area contributed by atoms with Gasteiger partial charge in [-0.25, -0.2) is 9.97 Å². The van der Waals surface area contributed by atoms with Crippen LogP contribution in [-0.4, -0.2) is 41.1 Å². The maximum atomic E-state index is 5.88. The van der Waals surface area contributed by atoms with Crippen LogP contribution in [0.15, 0.2) is 6.07 Å². The number of hydrogen-bond acceptors (Lipinski definition) is 5. The summed E-state index contributed by atoms with van der Waals surface area (Å²) in [6.07, 6.45) is 1.10. The van der Waals surface area contributed by atoms with Crippen LogP contribution in [0, 0.1) is 0 Å². The van der Waals surface area contributed by atoms with Crippen molar-refractivity contribution < 1.29 is 4.74 Å². The van der Waals surface area contributed by atoms with Crippen LogP contribution in [0.5, 0.6) is 0 Å². The van der Waals surface area contributed by atoms with Gasteiger partial charge in [0.15, 0.2) is 5.82 Å². The fourth-order valence-corrected chi connectivity index (χ4v) is 2.32. The number of nitrogen functional groups attached to an aromatic ring is 1. The van der Waals surface area contributed by atoms with Crippen LogP contribution >= 0.6 is 0 Å². The van der Waals surface area contributed by atoms with Crippen molar-refractivity contribution >= 4 is 5.82 Å². The molecule has 1 unspecified atom stereocenters. The Bertz CT molecular complexity index is 420. The predicted molar refractivity (Wildman–Crippen MR) is 76.0 cm³/mol. The van der Waals surface area contributed by atoms with Crippen LogP contribution in [0.1, 0.15) is 50.7 Å². The summed E-state index contributed by atoms with van der Waals surface area (Å²) in [5.41, 5.74) is 6.86. The highest BCUT2D eigenvalue weighted by molar-refractivity contribution is 5.31. The molecule has 0 bridgehead atoms. The third kappa shape index (κ3) is 3.64. The topological polar surface area (TPSA) is 64.3 Å². The van der Waals surface area contributed by atoms with Crippen LogP contribution < -0.4 is 5.73 Å². The molecule has 0 aromatic carbocycles. The number of nitrogens with two attached hydrogens (primary N) is 1. The molecule has 1 atom stereocenters. The van der Waals surface area contributed by atoms with E-state index in [-0.39, 0.29) is 6.10 Å². The van der Waals surface area contributed by atoms with Gasteiger partial charge in [-0.15, -0.1) is 0 Å². The minimum absolute atomic E-state index is 0.0544. The first-order chi connectivity index (χ1) is 9.10. The second-order valence-corrected chi connectivity index (χ2v) is 5.39. The predicted octanol–water partition coefficient (Wildman–Crippen LogP) is 1.97. The van der Waals surface area contributed by atoms with Crippen LogP contribution in [-0.2, 0) is 4.74 Å². The average Bonchev–Trinajstić information content (AvgIpc) is 2.38. The summed E-state index contributed by atoms with van der Waals surface area (Å²) in [5.74, 6) is 1.61. The molecule has 5 heteroatoms. The lowest BCUT2D eigenvalue weighted by Gasteiger charge is -2.32. The molecule has 2 heterocycles. The van der Waals surface area contributed by atoms with Gasteiger partial charge in [-0.05, 0) is 18.9 Å². The highest BCUT2D eigenvalue weighted by Gasteiger charge is 2.24. The summed E-state index contributed by atoms with van der Waals surface area (Å²) in [5, 5.41) is 0. The highest BCUT2D eigenvalue weighted by atomic mass is 16.5. The first kappa shape index (κ1) is 14.2. The molecule has 1 aliphatic heterocycles. The van der Waals surface area contributed by atoms with Crippen molar-refractivity contribution in [3.8, 4) is 0 Å². The standard InChI is InChI=1S/C14H24N4O/c1-4-5-18-6-7-19-12(9-18)14-16-11(10(2)3)8-13(15)17-14/h8,10,12H,4-7,9H2,1-3H3,(H2,15,16,17). The third-order valence-corrected chi connectivity index (χ3v) is 3.35. The van der Waals surface area contributed by atoms with E-state index in [1.807, 2.05) is 6.07 Å². The molecule has 0 saturated carbocycles. The molecule has 1 aliphatic rings. The number of rotatable bonds is 4. The number of nitrogens with zero attached hydrogens (tertiary/aromatic N) is 3. The maximum Gasteiger partial charge on any atom is 0.161 e. The summed E-state index contributed by atoms with van der Waals surface area (Å²) >= 11 is 0. The minimum atomic E-state index is -0.0544. The number of hydrogen-bond donors (Lipinski definition) is 1. The zero-order chi connectivity index (χ0) is 13.8. The Balaban J connectivity index is 2.16. The Kier molecular flexibility index (Phi) is 4.71. The molecule has 0 aliphatic carbocycles. The Labute approximate surface area is 115 Å². The highest BCUT2D eigenvalue weighted by Crippen LogP contribution is 2.22. The number of anilines is 1. The molecule has 1 aromatic heterocycles. The zero-order valence-electron chi connectivity index (χ0n) is 12.1. The van der Waals surface area contributed by atoms with Crippen molar-refractivity contribution in [3.63, 3.8) is 0 Å². The van der Waals surface area contributed by atoms with E-state index in [1.54, 1.807) is 0 Å². The molecule has 19 heavy (non-hydrogen) atoms. The Morgan fingerprint density at radius 1 is 1.47 bits per heavy atom. The number of aromatic nitrogens is 2. The molecular weight excluding hydrogens is 240 g/mol. The first-order valence-electron chi connectivity index (χ1n) is 7.08. The fraction of sp³-hybridized carbons (Fsp3) is 0.714. The minimum Gasteiger partial charge on any atom is -0.384 e. The van der Waals surface area contributed by atoms with Crippen molar-refractivity contribution in [2.75, 3.05) is 32.0 Å². The first-order valence-corrected chi connectivity index (χ1v) is 7.08. The van der Waals surface area contributed by atoms with E-state index >= 15 is 0 Å². The van der Waals surface area contributed by atoms with Gasteiger partial charge < -0.3 is 10.5 Å². The van der Waals surface area contributed by atoms with Gasteiger partial charge in [-0.2, -0.15) is 0 Å². The molecule has 2 N–H and O–H groups in total. The Hall–Kier alpha value is -1.20. The molecule has 106 valence electrons. The van der Waals surface area contributed by atoms with Gasteiger partial charge in [0.05, 0.1) is 6.61 Å². The largest absolute Gasteiger partial charge is 0.384 e. The van der Waals surface area contributed by atoms with E-state index in [9.17, 15) is 0 Å². The summed E-state index contributed by atoms with van der Waals surface area (Å²) in [7, 11) is 0. The molecule has 0 amide bonds. The maximum absolute atomic E-state index is 5.88. The molecular formula is C14H24N4O. The quantitative estimate of drug-likeness (QED) is 0.900. The smallest absolute Gasteiger partial charge is 0.161 e. The Morgan fingerprint density at radius 3 is 2.95 bits per heavy atom. The monoisotopic (exact) mass is 264 g/mol. The molecule has 5 nitrogen and oxygen atoms in total. The second kappa shape index (κ2) is 6.30. The van der Waals surface area contributed by atoms with Crippen LogP contribution in [0.3, 0.4) is 0 Å². The van der Waals surface area contributed by atoms with Crippen molar-refractivity contribution in [2.45, 2.75) is 39.2 Å². The van der Waals surface area contributed by atoms with Gasteiger partial charge in [0.25, 0.3) is 0 Å². The number of ether oxygens (including phenoxy) is 1. The summed E-state index contributed by atoms with van der Waals surface area (Å²) in [4.78, 5) is 11.4. The van der Waals surface area contributed by atoms with E-state index < -0.39 is 0 Å². The van der Waals surface area contributed by atoms with Gasteiger partial charge >= 0.3 is 0 Å². The summed E-state index contributed by atoms with van der Waals surface area (Å²) in [6, 6.07) is 1.85. The van der Waals surface area contributed by atoms with E-state index in [0.29, 0.717) is 11.7 Å². The SMILES string of the molecule is CCCN1CCOC(c2nc(N)cc(C(C)C)n2)C1. The molecule has 1 saturated heterocycles. The van der Waals surface area contributed by atoms with Crippen molar-refractivity contribution in [1.29, 1.82) is 0 Å². The zero-order valence-corrected chi connectivity index (χ0v) is 12.1. The van der Waals surface area contributed by atoms with Crippen molar-refractivity contribution in [3.05, 3.63) is 17.6 Å². The van der Waals surface area contributed by atoms with E-state index in [1.165, 1.54) is 0 Å². The van der Waals surface area contributed by atoms with Crippen LogP contribution in [0.2, 0.25) is 0 Å². The lowest BCUT2D eigenvalue weighted by atomic mass is 10.1. The van der Waals surface area contributed by atoms with Crippen LogP contribution in [0.25, 0.3) is 0 Å². The second-order valence-electron chi connectivity index (χ2n) is 5.39. The molecule has 0 radical (unpaired) electrons. The van der Waals surface area contributed by atoms with Gasteiger partial charge in [0, 0.05) is 24.8 Å². The summed E-state index contributed by atoms with van der Waals surface area (Å²) in [6.45, 7) is 10.1. The van der Waals surface area contributed by atoms with E-state index in [4.69, 9.17) is 10.5 Å². The van der Waals surface area contributed by atoms with E-state index in [2.05, 4.69) is 35.6 Å². The van der Waals surface area contributed by atoms with Gasteiger partial charge in [-0.3, -0.25) is 4.90 Å². The molecule has 0 spiro atoms. The van der Waals surface area contributed by atoms with Crippen molar-refractivity contribution in [1.82, 2.24) is 14.9 Å². The molecule has 1 aromatic rings. The molecule has 2 rings (SSSR count). The fourth-order valence-electron chi connectivity index (χ4n) is 2.32. The van der Waals surface area contributed by atoms with E-state index in [0.717, 1.165) is 44.2 Å². The molecule has 1 fully saturated rings. The van der Waals surface area contributed by atoms with Gasteiger partial charge in [0.2, 0.25) is 0 Å². The lowest BCUT2D eigenvalue weighted by molar-refractivity contribution is -0.0342. The van der Waals surface area contributed by atoms with Crippen LogP contribution in [0.4, 0.5) is 5.82 Å². The third-order valence-electron chi connectivity index (χ3n) is 3.35. The number of morpholine rings is 1. The normalized spacial score (nSPS) is 20.9. The van der Waals surface area contributed by atoms with Gasteiger partial charge in [0.1, 0.15) is 11.9 Å².